The lowest BCUT2D eigenvalue weighted by molar-refractivity contribution is -0.191. The van der Waals surface area contributed by atoms with E-state index in [1.165, 1.54) is 32.2 Å². The highest BCUT2D eigenvalue weighted by atomic mass is 16.6. The normalized spacial score (nSPS) is 18.5. The SMILES string of the molecule is CC(C)C[C@@H](NC(=O)[C@@H](Cc1ccccc1)NC(=O)[C@@H](Cc1ccccc1)NC(=O)OC(C)(C)C)C(=O)N[C@H](CCCCNC(=O)OC(C)(C)C)C(=O)N1CCC2(CC1)CC(N1CCC[C@@H]1C)C2.O=C=O. The second-order valence-corrected chi connectivity index (χ2v) is 22.0. The fourth-order valence-corrected chi connectivity index (χ4v) is 9.83. The average molecular weight is 988 g/mol. The van der Waals surface area contributed by atoms with Crippen molar-refractivity contribution in [3.05, 3.63) is 71.8 Å². The van der Waals surface area contributed by atoms with Crippen molar-refractivity contribution in [1.82, 2.24) is 36.4 Å². The maximum absolute atomic E-state index is 14.5. The Balaban J connectivity index is 0.00000356. The van der Waals surface area contributed by atoms with Crippen molar-refractivity contribution in [2.45, 2.75) is 187 Å². The van der Waals surface area contributed by atoms with E-state index in [1.807, 2.05) is 79.4 Å². The predicted octanol–water partition coefficient (Wildman–Crippen LogP) is 6.23. The molecule has 6 amide bonds. The van der Waals surface area contributed by atoms with Crippen molar-refractivity contribution in [3.63, 3.8) is 0 Å². The number of rotatable bonds is 20. The molecule has 17 nitrogen and oxygen atoms in total. The van der Waals surface area contributed by atoms with Gasteiger partial charge in [-0.15, -0.1) is 0 Å². The molecule has 1 saturated carbocycles. The number of unbranched alkanes of at least 4 members (excludes halogenated alkanes) is 1. The molecule has 2 aromatic rings. The molecular weight excluding hydrogens is 907 g/mol. The van der Waals surface area contributed by atoms with Gasteiger partial charge in [-0.2, -0.15) is 9.59 Å². The number of nitrogens with zero attached hydrogens (tertiary/aromatic N) is 2. The van der Waals surface area contributed by atoms with Crippen LogP contribution in [0.1, 0.15) is 138 Å². The molecule has 3 aliphatic rings. The van der Waals surface area contributed by atoms with Crippen molar-refractivity contribution >= 4 is 42.0 Å². The Labute approximate surface area is 421 Å². The van der Waals surface area contributed by atoms with Gasteiger partial charge >= 0.3 is 18.3 Å². The maximum atomic E-state index is 14.5. The molecule has 1 aliphatic carbocycles. The topological polar surface area (TPSA) is 222 Å². The molecule has 17 heteroatoms. The molecule has 0 bridgehead atoms. The molecule has 0 unspecified atom stereocenters. The van der Waals surface area contributed by atoms with Crippen LogP contribution in [0.25, 0.3) is 0 Å². The number of alkyl carbamates (subject to hydrolysis) is 2. The molecule has 5 rings (SSSR count). The summed E-state index contributed by atoms with van der Waals surface area (Å²) in [7, 11) is 0. The van der Waals surface area contributed by atoms with E-state index in [2.05, 4.69) is 38.4 Å². The molecule has 71 heavy (non-hydrogen) atoms. The van der Waals surface area contributed by atoms with Crippen LogP contribution in [-0.2, 0) is 51.1 Å². The minimum atomic E-state index is -1.14. The van der Waals surface area contributed by atoms with Crippen LogP contribution in [0.2, 0.25) is 0 Å². The quantitative estimate of drug-likeness (QED) is 0.0936. The summed E-state index contributed by atoms with van der Waals surface area (Å²) < 4.78 is 10.9. The van der Waals surface area contributed by atoms with Crippen LogP contribution in [0.4, 0.5) is 9.59 Å². The number of nitrogens with one attached hydrogen (secondary N) is 5. The summed E-state index contributed by atoms with van der Waals surface area (Å²) in [5.41, 5.74) is 0.366. The van der Waals surface area contributed by atoms with Gasteiger partial charge in [0.15, 0.2) is 0 Å². The first-order valence-electron chi connectivity index (χ1n) is 25.5. The van der Waals surface area contributed by atoms with Gasteiger partial charge in [0, 0.05) is 44.6 Å². The van der Waals surface area contributed by atoms with Crippen LogP contribution in [0, 0.1) is 11.3 Å². The van der Waals surface area contributed by atoms with Gasteiger partial charge in [-0.3, -0.25) is 24.1 Å². The van der Waals surface area contributed by atoms with Crippen LogP contribution in [0.15, 0.2) is 60.7 Å². The highest BCUT2D eigenvalue weighted by molar-refractivity contribution is 5.95. The molecule has 3 fully saturated rings. The molecule has 2 aliphatic heterocycles. The van der Waals surface area contributed by atoms with Crippen LogP contribution >= 0.6 is 0 Å². The molecule has 0 radical (unpaired) electrons. The molecule has 5 atom stereocenters. The largest absolute Gasteiger partial charge is 0.444 e. The van der Waals surface area contributed by atoms with Gasteiger partial charge in [0.2, 0.25) is 23.6 Å². The minimum Gasteiger partial charge on any atom is -0.444 e. The summed E-state index contributed by atoms with van der Waals surface area (Å²) >= 11 is 0. The summed E-state index contributed by atoms with van der Waals surface area (Å²) in [6.45, 7) is 19.6. The zero-order valence-electron chi connectivity index (χ0n) is 43.6. The van der Waals surface area contributed by atoms with Gasteiger partial charge in [-0.05, 0) is 142 Å². The number of hydrogen-bond donors (Lipinski definition) is 5. The number of hydrogen-bond acceptors (Lipinski definition) is 11. The molecular formula is C54H81N7O10. The summed E-state index contributed by atoms with van der Waals surface area (Å²) in [5, 5.41) is 14.4. The van der Waals surface area contributed by atoms with E-state index in [-0.39, 0.29) is 42.7 Å². The Morgan fingerprint density at radius 1 is 0.676 bits per heavy atom. The standard InChI is InChI=1S/C53H81N7O8.CO2/c1-36(2)31-42(56-46(62)43(32-38-20-12-10-13-21-38)57-47(63)44(33-39-22-14-11-15-23-39)58-50(66)68-52(7,8)9)45(61)55-41(24-16-17-27-54-49(65)67-51(4,5)6)48(64)59-29-25-53(26-30-59)34-40(35-53)60-28-18-19-37(60)3;2-1-3/h10-15,20-23,36-37,40-44H,16-19,24-35H2,1-9H3,(H,54,65)(H,55,61)(H,56,62)(H,57,63)(H,58,66);/t37-,41+,42+,43+,44+;/m0./s1. The highest BCUT2D eigenvalue weighted by Crippen LogP contribution is 2.52. The number of amides is 6. The second-order valence-electron chi connectivity index (χ2n) is 22.0. The molecule has 392 valence electrons. The minimum absolute atomic E-state index is 0.0253. The maximum Gasteiger partial charge on any atom is 0.408 e. The fraction of sp³-hybridized carbons (Fsp3) is 0.648. The number of ether oxygens (including phenoxy) is 2. The Morgan fingerprint density at radius 3 is 1.65 bits per heavy atom. The molecule has 0 aromatic heterocycles. The first-order chi connectivity index (χ1) is 33.5. The van der Waals surface area contributed by atoms with Gasteiger partial charge in [0.1, 0.15) is 35.4 Å². The zero-order chi connectivity index (χ0) is 52.4. The molecule has 2 aromatic carbocycles. The number of piperidine rings is 1. The summed E-state index contributed by atoms with van der Waals surface area (Å²) in [5.74, 6) is -1.85. The molecule has 2 saturated heterocycles. The lowest BCUT2D eigenvalue weighted by Gasteiger charge is -2.55. The van der Waals surface area contributed by atoms with E-state index in [0.717, 1.165) is 24.0 Å². The Morgan fingerprint density at radius 2 is 1.15 bits per heavy atom. The number of carbonyl (C=O) groups is 6. The molecule has 1 spiro atoms. The van der Waals surface area contributed by atoms with Crippen LogP contribution in [0.3, 0.4) is 0 Å². The van der Waals surface area contributed by atoms with E-state index in [0.29, 0.717) is 51.0 Å². The van der Waals surface area contributed by atoms with Crippen molar-refractivity contribution in [3.8, 4) is 0 Å². The number of benzene rings is 2. The third kappa shape index (κ3) is 19.7. The van der Waals surface area contributed by atoms with Crippen molar-refractivity contribution in [2.75, 3.05) is 26.2 Å². The van der Waals surface area contributed by atoms with Crippen LogP contribution in [-0.4, -0.2) is 125 Å². The van der Waals surface area contributed by atoms with Gasteiger partial charge in [-0.25, -0.2) is 9.59 Å². The Kier molecular flexibility index (Phi) is 22.1. The number of carbonyl (C=O) groups excluding carboxylic acids is 8. The van der Waals surface area contributed by atoms with E-state index in [1.54, 1.807) is 41.5 Å². The molecule has 5 N–H and O–H groups in total. The smallest absolute Gasteiger partial charge is 0.408 e. The monoisotopic (exact) mass is 988 g/mol. The highest BCUT2D eigenvalue weighted by Gasteiger charge is 2.50. The Bertz CT molecular complexity index is 2070. The zero-order valence-corrected chi connectivity index (χ0v) is 43.6. The van der Waals surface area contributed by atoms with Crippen molar-refractivity contribution in [2.24, 2.45) is 11.3 Å². The first kappa shape index (κ1) is 57.8. The Hall–Kier alpha value is -5.80. The van der Waals surface area contributed by atoms with Gasteiger partial charge < -0.3 is 41.0 Å². The van der Waals surface area contributed by atoms with Gasteiger partial charge in [-0.1, -0.05) is 74.5 Å². The lowest BCUT2D eigenvalue weighted by atomic mass is 9.60. The third-order valence-electron chi connectivity index (χ3n) is 13.3. The summed E-state index contributed by atoms with van der Waals surface area (Å²) in [6, 6.07) is 15.6. The van der Waals surface area contributed by atoms with E-state index in [9.17, 15) is 28.8 Å². The fourth-order valence-electron chi connectivity index (χ4n) is 9.83. The first-order valence-corrected chi connectivity index (χ1v) is 25.5. The summed E-state index contributed by atoms with van der Waals surface area (Å²) in [4.78, 5) is 104. The van der Waals surface area contributed by atoms with E-state index in [4.69, 9.17) is 19.1 Å². The van der Waals surface area contributed by atoms with Crippen molar-refractivity contribution < 1.29 is 47.8 Å². The second kappa shape index (κ2) is 27.1. The van der Waals surface area contributed by atoms with Crippen LogP contribution in [0.5, 0.6) is 0 Å². The van der Waals surface area contributed by atoms with Gasteiger partial charge in [0.25, 0.3) is 0 Å². The van der Waals surface area contributed by atoms with Crippen LogP contribution < -0.4 is 26.6 Å². The van der Waals surface area contributed by atoms with Gasteiger partial charge in [0.05, 0.1) is 0 Å². The third-order valence-corrected chi connectivity index (χ3v) is 13.3. The van der Waals surface area contributed by atoms with Crippen molar-refractivity contribution in [1.29, 1.82) is 0 Å². The van der Waals surface area contributed by atoms with E-state index >= 15 is 0 Å². The average Bonchev–Trinajstić information content (AvgIpc) is 3.71. The predicted molar refractivity (Wildman–Crippen MR) is 268 cm³/mol. The lowest BCUT2D eigenvalue weighted by Crippen LogP contribution is -2.60. The summed E-state index contributed by atoms with van der Waals surface area (Å²) in [6.07, 6.45) is 7.59. The van der Waals surface area contributed by atoms with E-state index < -0.39 is 65.3 Å². The molecule has 2 heterocycles. The number of likely N-dealkylation sites (tertiary alicyclic amines) is 2.